The first-order valence-corrected chi connectivity index (χ1v) is 8.89. The van der Waals surface area contributed by atoms with E-state index in [4.69, 9.17) is 9.26 Å². The lowest BCUT2D eigenvalue weighted by molar-refractivity contribution is -0.0498. The Labute approximate surface area is 166 Å². The van der Waals surface area contributed by atoms with Crippen LogP contribution in [0.3, 0.4) is 0 Å². The molecule has 0 fully saturated rings. The van der Waals surface area contributed by atoms with Gasteiger partial charge in [-0.1, -0.05) is 29.4 Å². The Morgan fingerprint density at radius 3 is 2.69 bits per heavy atom. The SMILES string of the molecule is Cc1noc(C)c1COc1ccccc1C(=O)NCc1cccc(OC(F)F)c1. The molecule has 0 aliphatic carbocycles. The molecule has 2 aromatic carbocycles. The van der Waals surface area contributed by atoms with Crippen molar-refractivity contribution in [3.8, 4) is 11.5 Å². The zero-order valence-corrected chi connectivity index (χ0v) is 15.9. The summed E-state index contributed by atoms with van der Waals surface area (Å²) in [5.41, 5.74) is 2.55. The number of benzene rings is 2. The summed E-state index contributed by atoms with van der Waals surface area (Å²) < 4.78 is 40.0. The third kappa shape index (κ3) is 5.31. The minimum absolute atomic E-state index is 0.0370. The Morgan fingerprint density at radius 2 is 1.97 bits per heavy atom. The van der Waals surface area contributed by atoms with Gasteiger partial charge in [0, 0.05) is 6.54 Å². The number of carbonyl (C=O) groups is 1. The van der Waals surface area contributed by atoms with E-state index in [0.29, 0.717) is 22.6 Å². The van der Waals surface area contributed by atoms with Crippen molar-refractivity contribution < 1.29 is 27.6 Å². The van der Waals surface area contributed by atoms with E-state index in [9.17, 15) is 13.6 Å². The Bertz CT molecular complexity index is 969. The molecular formula is C21H20F2N2O4. The van der Waals surface area contributed by atoms with Gasteiger partial charge in [-0.3, -0.25) is 4.79 Å². The van der Waals surface area contributed by atoms with Crippen LogP contribution in [0.1, 0.15) is 32.9 Å². The van der Waals surface area contributed by atoms with Crippen LogP contribution in [0, 0.1) is 13.8 Å². The van der Waals surface area contributed by atoms with E-state index in [-0.39, 0.29) is 24.8 Å². The molecule has 3 aromatic rings. The summed E-state index contributed by atoms with van der Waals surface area (Å²) in [6, 6.07) is 13.0. The number of hydrogen-bond acceptors (Lipinski definition) is 5. The first kappa shape index (κ1) is 20.3. The molecule has 29 heavy (non-hydrogen) atoms. The van der Waals surface area contributed by atoms with Crippen LogP contribution in [0.15, 0.2) is 53.1 Å². The average molecular weight is 402 g/mol. The van der Waals surface area contributed by atoms with E-state index < -0.39 is 6.61 Å². The summed E-state index contributed by atoms with van der Waals surface area (Å²) in [5.74, 6) is 0.768. The molecule has 0 bridgehead atoms. The molecule has 0 radical (unpaired) electrons. The van der Waals surface area contributed by atoms with Crippen LogP contribution in [0.5, 0.6) is 11.5 Å². The van der Waals surface area contributed by atoms with Crippen molar-refractivity contribution in [1.29, 1.82) is 0 Å². The first-order chi connectivity index (χ1) is 13.9. The molecule has 3 rings (SSSR count). The molecule has 152 valence electrons. The highest BCUT2D eigenvalue weighted by molar-refractivity contribution is 5.96. The fourth-order valence-corrected chi connectivity index (χ4v) is 2.75. The van der Waals surface area contributed by atoms with Gasteiger partial charge in [0.15, 0.2) is 0 Å². The molecule has 0 spiro atoms. The number of nitrogens with one attached hydrogen (secondary N) is 1. The molecule has 6 nitrogen and oxygen atoms in total. The number of amides is 1. The number of rotatable bonds is 8. The van der Waals surface area contributed by atoms with Crippen LogP contribution >= 0.6 is 0 Å². The zero-order chi connectivity index (χ0) is 20.8. The topological polar surface area (TPSA) is 73.6 Å². The monoisotopic (exact) mass is 402 g/mol. The number of carbonyl (C=O) groups excluding carboxylic acids is 1. The summed E-state index contributed by atoms with van der Waals surface area (Å²) in [5, 5.41) is 6.64. The van der Waals surface area contributed by atoms with Gasteiger partial charge < -0.3 is 19.3 Å². The smallest absolute Gasteiger partial charge is 0.387 e. The van der Waals surface area contributed by atoms with Crippen molar-refractivity contribution in [3.63, 3.8) is 0 Å². The summed E-state index contributed by atoms with van der Waals surface area (Å²) in [6.07, 6.45) is 0. The van der Waals surface area contributed by atoms with E-state index in [1.807, 2.05) is 6.92 Å². The zero-order valence-electron chi connectivity index (χ0n) is 15.9. The highest BCUT2D eigenvalue weighted by Gasteiger charge is 2.15. The molecule has 8 heteroatoms. The lowest BCUT2D eigenvalue weighted by Gasteiger charge is -2.12. The second kappa shape index (κ2) is 9.18. The Balaban J connectivity index is 1.65. The predicted octanol–water partition coefficient (Wildman–Crippen LogP) is 4.40. The van der Waals surface area contributed by atoms with Gasteiger partial charge in [-0.15, -0.1) is 0 Å². The summed E-state index contributed by atoms with van der Waals surface area (Å²) in [7, 11) is 0. The number of alkyl halides is 2. The van der Waals surface area contributed by atoms with Crippen LogP contribution < -0.4 is 14.8 Å². The van der Waals surface area contributed by atoms with Gasteiger partial charge in [0.05, 0.1) is 16.8 Å². The molecule has 0 atom stereocenters. The molecule has 0 aliphatic rings. The highest BCUT2D eigenvalue weighted by Crippen LogP contribution is 2.22. The average Bonchev–Trinajstić information content (AvgIpc) is 3.02. The van der Waals surface area contributed by atoms with Gasteiger partial charge in [0.1, 0.15) is 23.9 Å². The standard InChI is InChI=1S/C21H20F2N2O4/c1-13-18(14(2)29-25-13)12-27-19-9-4-3-8-17(19)20(26)24-11-15-6-5-7-16(10-15)28-21(22)23/h3-10,21H,11-12H2,1-2H3,(H,24,26). The van der Waals surface area contributed by atoms with Gasteiger partial charge in [-0.05, 0) is 43.7 Å². The van der Waals surface area contributed by atoms with Crippen molar-refractivity contribution >= 4 is 5.91 Å². The van der Waals surface area contributed by atoms with Crippen LogP contribution in [-0.4, -0.2) is 17.7 Å². The maximum Gasteiger partial charge on any atom is 0.387 e. The molecular weight excluding hydrogens is 382 g/mol. The maximum atomic E-state index is 12.6. The minimum atomic E-state index is -2.90. The van der Waals surface area contributed by atoms with Gasteiger partial charge in [0.2, 0.25) is 0 Å². The third-order valence-electron chi connectivity index (χ3n) is 4.26. The number of para-hydroxylation sites is 1. The first-order valence-electron chi connectivity index (χ1n) is 8.89. The fraction of sp³-hybridized carbons (Fsp3) is 0.238. The fourth-order valence-electron chi connectivity index (χ4n) is 2.75. The van der Waals surface area contributed by atoms with E-state index in [2.05, 4.69) is 15.2 Å². The second-order valence-electron chi connectivity index (χ2n) is 6.30. The highest BCUT2D eigenvalue weighted by atomic mass is 19.3. The van der Waals surface area contributed by atoms with Crippen molar-refractivity contribution in [2.75, 3.05) is 0 Å². The van der Waals surface area contributed by atoms with Crippen molar-refractivity contribution in [3.05, 3.63) is 76.7 Å². The van der Waals surface area contributed by atoms with Crippen LogP contribution in [0.25, 0.3) is 0 Å². The van der Waals surface area contributed by atoms with Crippen molar-refractivity contribution in [1.82, 2.24) is 10.5 Å². The molecule has 1 heterocycles. The van der Waals surface area contributed by atoms with Gasteiger partial charge in [-0.2, -0.15) is 8.78 Å². The second-order valence-corrected chi connectivity index (χ2v) is 6.30. The van der Waals surface area contributed by atoms with Crippen LogP contribution in [0.4, 0.5) is 8.78 Å². The molecule has 1 aromatic heterocycles. The lowest BCUT2D eigenvalue weighted by atomic mass is 10.1. The van der Waals surface area contributed by atoms with Gasteiger partial charge >= 0.3 is 6.61 Å². The minimum Gasteiger partial charge on any atom is -0.488 e. The predicted molar refractivity (Wildman–Crippen MR) is 101 cm³/mol. The summed E-state index contributed by atoms with van der Waals surface area (Å²) >= 11 is 0. The molecule has 0 saturated carbocycles. The number of nitrogens with zero attached hydrogens (tertiary/aromatic N) is 1. The normalized spacial score (nSPS) is 10.8. The number of aromatic nitrogens is 1. The van der Waals surface area contributed by atoms with E-state index >= 15 is 0 Å². The number of aryl methyl sites for hydroxylation is 2. The summed E-state index contributed by atoms with van der Waals surface area (Å²) in [4.78, 5) is 12.6. The quantitative estimate of drug-likeness (QED) is 0.605. The van der Waals surface area contributed by atoms with E-state index in [1.165, 1.54) is 12.1 Å². The van der Waals surface area contributed by atoms with Crippen LogP contribution in [-0.2, 0) is 13.2 Å². The Kier molecular flexibility index (Phi) is 6.43. The number of hydrogen-bond donors (Lipinski definition) is 1. The van der Waals surface area contributed by atoms with Crippen molar-refractivity contribution in [2.24, 2.45) is 0 Å². The summed E-state index contributed by atoms with van der Waals surface area (Å²) in [6.45, 7) is 1.08. The molecule has 0 saturated heterocycles. The van der Waals surface area contributed by atoms with Gasteiger partial charge in [0.25, 0.3) is 5.91 Å². The molecule has 0 unspecified atom stereocenters. The van der Waals surface area contributed by atoms with Gasteiger partial charge in [-0.25, -0.2) is 0 Å². The molecule has 0 aliphatic heterocycles. The molecule has 1 amide bonds. The van der Waals surface area contributed by atoms with Crippen LogP contribution in [0.2, 0.25) is 0 Å². The number of halogens is 2. The van der Waals surface area contributed by atoms with E-state index in [0.717, 1.165) is 11.3 Å². The largest absolute Gasteiger partial charge is 0.488 e. The lowest BCUT2D eigenvalue weighted by Crippen LogP contribution is -2.23. The Hall–Kier alpha value is -3.42. The molecule has 1 N–H and O–H groups in total. The maximum absolute atomic E-state index is 12.6. The number of ether oxygens (including phenoxy) is 2. The van der Waals surface area contributed by atoms with Crippen molar-refractivity contribution in [2.45, 2.75) is 33.6 Å². The van der Waals surface area contributed by atoms with E-state index in [1.54, 1.807) is 43.3 Å². The third-order valence-corrected chi connectivity index (χ3v) is 4.26. The Morgan fingerprint density at radius 1 is 1.17 bits per heavy atom.